The summed E-state index contributed by atoms with van der Waals surface area (Å²) in [4.78, 5) is 2.65. The van der Waals surface area contributed by atoms with E-state index in [1.54, 1.807) is 0 Å². The van der Waals surface area contributed by atoms with Crippen molar-refractivity contribution >= 4 is 0 Å². The van der Waals surface area contributed by atoms with Gasteiger partial charge < -0.3 is 5.73 Å². The van der Waals surface area contributed by atoms with Gasteiger partial charge in [-0.3, -0.25) is 4.90 Å². The molecule has 0 aromatic carbocycles. The summed E-state index contributed by atoms with van der Waals surface area (Å²) >= 11 is 0. The topological polar surface area (TPSA) is 29.3 Å². The Hall–Kier alpha value is -0.0800. The molecule has 0 saturated heterocycles. The zero-order chi connectivity index (χ0) is 10.6. The molecule has 1 saturated carbocycles. The average Bonchev–Trinajstić information content (AvgIpc) is 2.01. The lowest BCUT2D eigenvalue weighted by Gasteiger charge is -2.41. The zero-order valence-electron chi connectivity index (χ0n) is 10.1. The van der Waals surface area contributed by atoms with Crippen LogP contribution in [0.4, 0.5) is 0 Å². The van der Waals surface area contributed by atoms with Gasteiger partial charge in [0.15, 0.2) is 0 Å². The van der Waals surface area contributed by atoms with Crippen LogP contribution >= 0.6 is 0 Å². The van der Waals surface area contributed by atoms with Crippen LogP contribution in [0.25, 0.3) is 0 Å². The maximum Gasteiger partial charge on any atom is 0.00955 e. The molecule has 0 bridgehead atoms. The second kappa shape index (κ2) is 5.13. The highest BCUT2D eigenvalue weighted by atomic mass is 15.2. The van der Waals surface area contributed by atoms with Crippen molar-refractivity contribution in [1.82, 2.24) is 4.90 Å². The maximum atomic E-state index is 5.78. The van der Waals surface area contributed by atoms with E-state index in [1.165, 1.54) is 38.8 Å². The minimum absolute atomic E-state index is 0.282. The van der Waals surface area contributed by atoms with Crippen molar-refractivity contribution in [3.8, 4) is 0 Å². The summed E-state index contributed by atoms with van der Waals surface area (Å²) in [5, 5.41) is 0. The number of rotatable bonds is 6. The van der Waals surface area contributed by atoms with Crippen molar-refractivity contribution in [2.75, 3.05) is 19.6 Å². The number of nitrogens with two attached hydrogens (primary N) is 1. The Balaban J connectivity index is 2.41. The Morgan fingerprint density at radius 3 is 2.36 bits per heavy atom. The molecular weight excluding hydrogens is 172 g/mol. The molecule has 0 spiro atoms. The van der Waals surface area contributed by atoms with Gasteiger partial charge in [0.1, 0.15) is 0 Å². The van der Waals surface area contributed by atoms with Gasteiger partial charge in [0.05, 0.1) is 0 Å². The molecule has 1 aliphatic carbocycles. The van der Waals surface area contributed by atoms with E-state index in [0.29, 0.717) is 0 Å². The summed E-state index contributed by atoms with van der Waals surface area (Å²) in [6.45, 7) is 10.0. The first-order chi connectivity index (χ1) is 6.59. The van der Waals surface area contributed by atoms with Crippen LogP contribution in [0.15, 0.2) is 0 Å². The number of hydrogen-bond acceptors (Lipinski definition) is 2. The predicted molar refractivity (Wildman–Crippen MR) is 62.3 cm³/mol. The quantitative estimate of drug-likeness (QED) is 0.709. The van der Waals surface area contributed by atoms with Crippen LogP contribution in [0.3, 0.4) is 0 Å². The Morgan fingerprint density at radius 1 is 1.36 bits per heavy atom. The van der Waals surface area contributed by atoms with Crippen LogP contribution < -0.4 is 5.73 Å². The third-order valence-corrected chi connectivity index (χ3v) is 3.29. The molecule has 0 aliphatic heterocycles. The molecule has 0 aromatic rings. The SMILES string of the molecule is CCCN(CC(C)(C)CN)C1CCC1. The van der Waals surface area contributed by atoms with Crippen LogP contribution in [0.2, 0.25) is 0 Å². The summed E-state index contributed by atoms with van der Waals surface area (Å²) in [7, 11) is 0. The third kappa shape index (κ3) is 3.25. The molecule has 2 heteroatoms. The fourth-order valence-corrected chi connectivity index (χ4v) is 2.04. The molecule has 84 valence electrons. The van der Waals surface area contributed by atoms with E-state index in [2.05, 4.69) is 25.7 Å². The number of nitrogens with zero attached hydrogens (tertiary/aromatic N) is 1. The molecule has 0 unspecified atom stereocenters. The Kier molecular flexibility index (Phi) is 4.39. The minimum atomic E-state index is 0.282. The van der Waals surface area contributed by atoms with E-state index >= 15 is 0 Å². The predicted octanol–water partition coefficient (Wildman–Crippen LogP) is 2.24. The van der Waals surface area contributed by atoms with Gasteiger partial charge in [0.25, 0.3) is 0 Å². The van der Waals surface area contributed by atoms with Crippen LogP contribution in [-0.4, -0.2) is 30.6 Å². The Labute approximate surface area is 88.8 Å². The van der Waals surface area contributed by atoms with Gasteiger partial charge in [-0.05, 0) is 37.8 Å². The maximum absolute atomic E-state index is 5.78. The summed E-state index contributed by atoms with van der Waals surface area (Å²) in [5.41, 5.74) is 6.07. The van der Waals surface area contributed by atoms with Crippen molar-refractivity contribution in [1.29, 1.82) is 0 Å². The third-order valence-electron chi connectivity index (χ3n) is 3.29. The van der Waals surface area contributed by atoms with Gasteiger partial charge in [0, 0.05) is 12.6 Å². The summed E-state index contributed by atoms with van der Waals surface area (Å²) in [5.74, 6) is 0. The van der Waals surface area contributed by atoms with Crippen LogP contribution in [0, 0.1) is 5.41 Å². The van der Waals surface area contributed by atoms with E-state index < -0.39 is 0 Å². The van der Waals surface area contributed by atoms with Gasteiger partial charge in [-0.1, -0.05) is 27.2 Å². The van der Waals surface area contributed by atoms with Gasteiger partial charge in [0.2, 0.25) is 0 Å². The second-order valence-electron chi connectivity index (χ2n) is 5.42. The summed E-state index contributed by atoms with van der Waals surface area (Å²) in [6, 6.07) is 0.862. The molecule has 0 aromatic heterocycles. The van der Waals surface area contributed by atoms with E-state index in [1.807, 2.05) is 0 Å². The summed E-state index contributed by atoms with van der Waals surface area (Å²) in [6.07, 6.45) is 5.49. The van der Waals surface area contributed by atoms with Crippen LogP contribution in [-0.2, 0) is 0 Å². The summed E-state index contributed by atoms with van der Waals surface area (Å²) < 4.78 is 0. The molecule has 1 rings (SSSR count). The fourth-order valence-electron chi connectivity index (χ4n) is 2.04. The second-order valence-corrected chi connectivity index (χ2v) is 5.42. The fraction of sp³-hybridized carbons (Fsp3) is 1.00. The Morgan fingerprint density at radius 2 is 2.00 bits per heavy atom. The van der Waals surface area contributed by atoms with Crippen molar-refractivity contribution in [2.24, 2.45) is 11.1 Å². The van der Waals surface area contributed by atoms with E-state index in [4.69, 9.17) is 5.73 Å². The molecule has 2 nitrogen and oxygen atoms in total. The first kappa shape index (κ1) is 12.0. The van der Waals surface area contributed by atoms with Crippen molar-refractivity contribution in [2.45, 2.75) is 52.5 Å². The Bertz CT molecular complexity index is 162. The van der Waals surface area contributed by atoms with Crippen molar-refractivity contribution in [3.63, 3.8) is 0 Å². The standard InChI is InChI=1S/C12H26N2/c1-4-8-14(11-6-5-7-11)10-12(2,3)9-13/h11H,4-10,13H2,1-3H3. The zero-order valence-corrected chi connectivity index (χ0v) is 10.1. The molecule has 0 heterocycles. The number of hydrogen-bond donors (Lipinski definition) is 1. The van der Waals surface area contributed by atoms with E-state index in [9.17, 15) is 0 Å². The van der Waals surface area contributed by atoms with E-state index in [0.717, 1.165) is 12.6 Å². The molecular formula is C12H26N2. The normalized spacial score (nSPS) is 18.6. The first-order valence-corrected chi connectivity index (χ1v) is 6.03. The molecule has 0 amide bonds. The smallest absolute Gasteiger partial charge is 0.00955 e. The van der Waals surface area contributed by atoms with Gasteiger partial charge in [-0.25, -0.2) is 0 Å². The molecule has 1 aliphatic rings. The van der Waals surface area contributed by atoms with Crippen molar-refractivity contribution < 1.29 is 0 Å². The lowest BCUT2D eigenvalue weighted by atomic mass is 9.87. The molecule has 0 atom stereocenters. The first-order valence-electron chi connectivity index (χ1n) is 6.03. The van der Waals surface area contributed by atoms with Crippen molar-refractivity contribution in [3.05, 3.63) is 0 Å². The average molecular weight is 198 g/mol. The monoisotopic (exact) mass is 198 g/mol. The van der Waals surface area contributed by atoms with E-state index in [-0.39, 0.29) is 5.41 Å². The van der Waals surface area contributed by atoms with Gasteiger partial charge in [-0.2, -0.15) is 0 Å². The highest BCUT2D eigenvalue weighted by Gasteiger charge is 2.28. The van der Waals surface area contributed by atoms with Gasteiger partial charge >= 0.3 is 0 Å². The highest BCUT2D eigenvalue weighted by molar-refractivity contribution is 4.84. The minimum Gasteiger partial charge on any atom is -0.330 e. The van der Waals surface area contributed by atoms with Crippen LogP contribution in [0.5, 0.6) is 0 Å². The highest BCUT2D eigenvalue weighted by Crippen LogP contribution is 2.27. The van der Waals surface area contributed by atoms with Gasteiger partial charge in [-0.15, -0.1) is 0 Å². The lowest BCUT2D eigenvalue weighted by Crippen LogP contribution is -2.47. The van der Waals surface area contributed by atoms with Crippen LogP contribution in [0.1, 0.15) is 46.5 Å². The largest absolute Gasteiger partial charge is 0.330 e. The molecule has 14 heavy (non-hydrogen) atoms. The lowest BCUT2D eigenvalue weighted by molar-refractivity contribution is 0.0849. The molecule has 1 fully saturated rings. The molecule has 0 radical (unpaired) electrons. The molecule has 2 N–H and O–H groups in total.